The van der Waals surface area contributed by atoms with Gasteiger partial charge >= 0.3 is 0 Å². The van der Waals surface area contributed by atoms with E-state index in [1.165, 1.54) is 0 Å². The van der Waals surface area contributed by atoms with Crippen molar-refractivity contribution in [1.82, 2.24) is 24.9 Å². The van der Waals surface area contributed by atoms with Gasteiger partial charge in [-0.25, -0.2) is 4.98 Å². The van der Waals surface area contributed by atoms with Crippen LogP contribution in [0.1, 0.15) is 10.9 Å². The lowest BCUT2D eigenvalue weighted by molar-refractivity contribution is 0.0426. The molecule has 37 heavy (non-hydrogen) atoms. The first-order valence-electron chi connectivity index (χ1n) is 11.8. The van der Waals surface area contributed by atoms with Gasteiger partial charge in [-0.1, -0.05) is 5.16 Å². The van der Waals surface area contributed by atoms with Gasteiger partial charge < -0.3 is 23.6 Å². The molecule has 11 nitrogen and oxygen atoms in total. The molecular formula is C24H27N6O5S2-. The lowest BCUT2D eigenvalue weighted by Gasteiger charge is -2.34. The van der Waals surface area contributed by atoms with Crippen LogP contribution >= 0.6 is 11.3 Å². The van der Waals surface area contributed by atoms with Gasteiger partial charge in [-0.15, -0.1) is 11.3 Å². The van der Waals surface area contributed by atoms with Gasteiger partial charge in [0.05, 0.1) is 21.8 Å². The van der Waals surface area contributed by atoms with E-state index in [0.29, 0.717) is 36.2 Å². The molecule has 2 aromatic heterocycles. The van der Waals surface area contributed by atoms with Gasteiger partial charge in [0.2, 0.25) is 11.7 Å². The smallest absolute Gasteiger partial charge is 0.241 e. The summed E-state index contributed by atoms with van der Waals surface area (Å²) in [5.41, 5.74) is 2.12. The van der Waals surface area contributed by atoms with Crippen molar-refractivity contribution in [2.45, 2.75) is 19.6 Å². The van der Waals surface area contributed by atoms with E-state index in [2.05, 4.69) is 29.6 Å². The first kappa shape index (κ1) is 25.7. The molecule has 0 radical (unpaired) electrons. The highest BCUT2D eigenvalue weighted by molar-refractivity contribution is 7.80. The predicted molar refractivity (Wildman–Crippen MR) is 140 cm³/mol. The third-order valence-corrected chi connectivity index (χ3v) is 7.37. The lowest BCUT2D eigenvalue weighted by atomic mass is 10.2. The van der Waals surface area contributed by atoms with Gasteiger partial charge in [0, 0.05) is 61.3 Å². The van der Waals surface area contributed by atoms with E-state index in [0.717, 1.165) is 47.0 Å². The highest BCUT2D eigenvalue weighted by atomic mass is 32.2. The van der Waals surface area contributed by atoms with E-state index in [-0.39, 0.29) is 6.61 Å². The van der Waals surface area contributed by atoms with E-state index in [1.54, 1.807) is 35.6 Å². The number of benzene rings is 2. The molecule has 1 saturated heterocycles. The SMILES string of the molecule is Cc1nc2cc(OCC(O)CN3CCN(Cc4nc(-c5ccc(NS(=O)[O-])cc5)no4)CC3)ccc2s1. The van der Waals surface area contributed by atoms with E-state index in [9.17, 15) is 13.9 Å². The van der Waals surface area contributed by atoms with Crippen molar-refractivity contribution in [1.29, 1.82) is 0 Å². The minimum absolute atomic E-state index is 0.228. The summed E-state index contributed by atoms with van der Waals surface area (Å²) in [6.45, 7) is 6.56. The number of aryl methyl sites for hydroxylation is 1. The minimum atomic E-state index is -2.37. The molecule has 2 aromatic carbocycles. The summed E-state index contributed by atoms with van der Waals surface area (Å²) in [4.78, 5) is 13.4. The molecule has 4 aromatic rings. The Morgan fingerprint density at radius 1 is 1.16 bits per heavy atom. The second-order valence-corrected chi connectivity index (χ2v) is 10.7. The zero-order chi connectivity index (χ0) is 25.8. The molecule has 13 heteroatoms. The Kier molecular flexibility index (Phi) is 8.08. The second-order valence-electron chi connectivity index (χ2n) is 8.83. The summed E-state index contributed by atoms with van der Waals surface area (Å²) in [5, 5.41) is 15.6. The number of thiazole rings is 1. The summed E-state index contributed by atoms with van der Waals surface area (Å²) >= 11 is -0.716. The number of hydrogen-bond donors (Lipinski definition) is 2. The normalized spacial score (nSPS) is 16.6. The van der Waals surface area contributed by atoms with Crippen LogP contribution < -0.4 is 9.46 Å². The number of aromatic nitrogens is 3. The summed E-state index contributed by atoms with van der Waals surface area (Å²) in [6, 6.07) is 12.6. The van der Waals surface area contributed by atoms with Crippen LogP contribution in [-0.2, 0) is 17.8 Å². The number of fused-ring (bicyclic) bond motifs is 1. The van der Waals surface area contributed by atoms with Crippen LogP contribution in [0.2, 0.25) is 0 Å². The lowest BCUT2D eigenvalue weighted by Crippen LogP contribution is -2.48. The third kappa shape index (κ3) is 6.89. The van der Waals surface area contributed by atoms with Gasteiger partial charge in [0.1, 0.15) is 18.5 Å². The molecule has 3 heterocycles. The second kappa shape index (κ2) is 11.6. The first-order chi connectivity index (χ1) is 17.9. The molecule has 0 amide bonds. The largest absolute Gasteiger partial charge is 0.755 e. The summed E-state index contributed by atoms with van der Waals surface area (Å²) in [6.07, 6.45) is -0.590. The monoisotopic (exact) mass is 543 g/mol. The molecule has 0 bridgehead atoms. The van der Waals surface area contributed by atoms with Gasteiger partial charge in [0.25, 0.3) is 0 Å². The summed E-state index contributed by atoms with van der Waals surface area (Å²) < 4.78 is 36.1. The van der Waals surface area contributed by atoms with Crippen molar-refractivity contribution in [3.63, 3.8) is 0 Å². The average Bonchev–Trinajstić information content (AvgIpc) is 3.49. The fraction of sp³-hybridized carbons (Fsp3) is 0.375. The number of hydrogen-bond acceptors (Lipinski definition) is 11. The fourth-order valence-electron chi connectivity index (χ4n) is 4.20. The highest BCUT2D eigenvalue weighted by Crippen LogP contribution is 2.25. The maximum Gasteiger partial charge on any atom is 0.241 e. The van der Waals surface area contributed by atoms with Crippen LogP contribution in [0.4, 0.5) is 5.69 Å². The van der Waals surface area contributed by atoms with E-state index in [4.69, 9.17) is 9.26 Å². The molecule has 2 unspecified atom stereocenters. The van der Waals surface area contributed by atoms with E-state index < -0.39 is 17.4 Å². The third-order valence-electron chi connectivity index (χ3n) is 6.01. The number of β-amino-alcohol motifs (C(OH)–C–C–N with tert-alkyl or cyclic N) is 1. The number of nitrogens with one attached hydrogen (secondary N) is 1. The number of rotatable bonds is 10. The Morgan fingerprint density at radius 3 is 2.68 bits per heavy atom. The molecule has 1 aliphatic rings. The molecule has 0 aliphatic carbocycles. The van der Waals surface area contributed by atoms with Crippen molar-refractivity contribution in [3.05, 3.63) is 53.4 Å². The number of nitrogens with zero attached hydrogens (tertiary/aromatic N) is 5. The molecule has 0 spiro atoms. The molecule has 1 aliphatic heterocycles. The van der Waals surface area contributed by atoms with Gasteiger partial charge in [-0.05, 0) is 43.3 Å². The number of ether oxygens (including phenoxy) is 1. The van der Waals surface area contributed by atoms with Crippen molar-refractivity contribution in [3.8, 4) is 17.1 Å². The van der Waals surface area contributed by atoms with Crippen LogP contribution in [0.25, 0.3) is 21.6 Å². The Morgan fingerprint density at radius 2 is 1.92 bits per heavy atom. The molecule has 5 rings (SSSR count). The molecule has 2 N–H and O–H groups in total. The number of anilines is 1. The highest BCUT2D eigenvalue weighted by Gasteiger charge is 2.21. The topological polar surface area (TPSA) is 140 Å². The van der Waals surface area contributed by atoms with Gasteiger partial charge in [-0.2, -0.15) is 4.98 Å². The Hall–Kier alpha value is -2.94. The summed E-state index contributed by atoms with van der Waals surface area (Å²) in [5.74, 6) is 1.69. The van der Waals surface area contributed by atoms with Crippen LogP contribution in [0, 0.1) is 6.92 Å². The Balaban J connectivity index is 1.05. The predicted octanol–water partition coefficient (Wildman–Crippen LogP) is 2.42. The van der Waals surface area contributed by atoms with Crippen LogP contribution in [-0.4, -0.2) is 84.2 Å². The van der Waals surface area contributed by atoms with E-state index >= 15 is 0 Å². The summed E-state index contributed by atoms with van der Waals surface area (Å²) in [7, 11) is 0. The van der Waals surface area contributed by atoms with Crippen molar-refractivity contribution in [2.24, 2.45) is 0 Å². The number of aliphatic hydroxyl groups is 1. The first-order valence-corrected chi connectivity index (χ1v) is 13.7. The van der Waals surface area contributed by atoms with Crippen molar-refractivity contribution >= 4 is 38.5 Å². The van der Waals surface area contributed by atoms with Crippen molar-refractivity contribution in [2.75, 3.05) is 44.1 Å². The zero-order valence-corrected chi connectivity index (χ0v) is 21.8. The van der Waals surface area contributed by atoms with Crippen molar-refractivity contribution < 1.29 is 23.1 Å². The molecule has 0 saturated carbocycles. The standard InChI is InChI=1S/C24H28N6O5S2/c1-16-25-21-12-20(6-7-22(21)36-16)34-15-19(31)13-29-8-10-30(11-9-29)14-23-26-24(27-35-23)17-2-4-18(5-3-17)28-37(32)33/h2-7,12,19,28,31H,8-11,13-15H2,1H3,(H,32,33)/p-1. The maximum atomic E-state index is 10.7. The zero-order valence-electron chi connectivity index (χ0n) is 20.2. The maximum absolute atomic E-state index is 10.7. The van der Waals surface area contributed by atoms with Crippen LogP contribution in [0.15, 0.2) is 47.0 Å². The molecule has 2 atom stereocenters. The Bertz CT molecular complexity index is 1350. The fourth-order valence-corrected chi connectivity index (χ4v) is 5.33. The van der Waals surface area contributed by atoms with Gasteiger partial charge in [0.15, 0.2) is 0 Å². The Labute approximate surface area is 220 Å². The van der Waals surface area contributed by atoms with E-state index in [1.807, 2.05) is 25.1 Å². The minimum Gasteiger partial charge on any atom is -0.755 e. The average molecular weight is 544 g/mol. The van der Waals surface area contributed by atoms with Gasteiger partial charge in [-0.3, -0.25) is 14.0 Å². The number of aliphatic hydroxyl groups excluding tert-OH is 1. The molecule has 1 fully saturated rings. The molecular weight excluding hydrogens is 516 g/mol. The van der Waals surface area contributed by atoms with Crippen LogP contribution in [0.5, 0.6) is 5.75 Å². The quantitative estimate of drug-likeness (QED) is 0.287. The van der Waals surface area contributed by atoms with Crippen LogP contribution in [0.3, 0.4) is 0 Å². The molecule has 196 valence electrons. The number of piperazine rings is 1.